The Hall–Kier alpha value is -2.56. The summed E-state index contributed by atoms with van der Waals surface area (Å²) in [6.07, 6.45) is 1.33. The fourth-order valence-corrected chi connectivity index (χ4v) is 1.72. The van der Waals surface area contributed by atoms with Gasteiger partial charge < -0.3 is 19.9 Å². The van der Waals surface area contributed by atoms with Crippen molar-refractivity contribution in [1.29, 1.82) is 5.26 Å². The number of ether oxygens (including phenoxy) is 3. The summed E-state index contributed by atoms with van der Waals surface area (Å²) >= 11 is 6.00. The average Bonchev–Trinajstić information content (AvgIpc) is 2.51. The van der Waals surface area contributed by atoms with Gasteiger partial charge in [0.1, 0.15) is 24.0 Å². The number of halogens is 1. The molecular formula is C15H15ClN2O5. The molecule has 0 heterocycles. The van der Waals surface area contributed by atoms with E-state index in [-0.39, 0.29) is 36.2 Å². The predicted octanol–water partition coefficient (Wildman–Crippen LogP) is 1.30. The van der Waals surface area contributed by atoms with Crippen molar-refractivity contribution in [3.63, 3.8) is 0 Å². The van der Waals surface area contributed by atoms with E-state index in [1.165, 1.54) is 25.3 Å². The van der Waals surface area contributed by atoms with Gasteiger partial charge in [0.25, 0.3) is 5.91 Å². The summed E-state index contributed by atoms with van der Waals surface area (Å²) in [5, 5.41) is 9.24. The monoisotopic (exact) mass is 338 g/mol. The highest BCUT2D eigenvalue weighted by atomic mass is 35.5. The minimum absolute atomic E-state index is 0.0506. The Labute approximate surface area is 138 Å². The third-order valence-electron chi connectivity index (χ3n) is 2.50. The van der Waals surface area contributed by atoms with Gasteiger partial charge in [-0.3, -0.25) is 4.79 Å². The molecule has 0 unspecified atom stereocenters. The number of benzene rings is 1. The van der Waals surface area contributed by atoms with Gasteiger partial charge in [0.15, 0.2) is 6.61 Å². The van der Waals surface area contributed by atoms with Gasteiger partial charge in [-0.25, -0.2) is 4.79 Å². The molecule has 0 saturated heterocycles. The maximum absolute atomic E-state index is 11.7. The molecule has 1 rings (SSSR count). The highest BCUT2D eigenvalue weighted by molar-refractivity contribution is 6.32. The fraction of sp³-hybridized carbons (Fsp3) is 0.267. The summed E-state index contributed by atoms with van der Waals surface area (Å²) in [6.45, 7) is -0.0125. The number of nitriles is 1. The lowest BCUT2D eigenvalue weighted by molar-refractivity contribution is -0.139. The summed E-state index contributed by atoms with van der Waals surface area (Å²) in [5.41, 5.74) is 5.30. The van der Waals surface area contributed by atoms with Crippen LogP contribution in [0.15, 0.2) is 23.8 Å². The summed E-state index contributed by atoms with van der Waals surface area (Å²) in [6, 6.07) is 6.32. The van der Waals surface area contributed by atoms with Crippen LogP contribution >= 0.6 is 11.6 Å². The molecule has 0 bridgehead atoms. The second kappa shape index (κ2) is 9.46. The third kappa shape index (κ3) is 6.38. The fourth-order valence-electron chi connectivity index (χ4n) is 1.47. The Morgan fingerprint density at radius 1 is 1.39 bits per heavy atom. The number of nitrogens with two attached hydrogens (primary N) is 1. The van der Waals surface area contributed by atoms with Crippen LogP contribution in [0, 0.1) is 11.3 Å². The van der Waals surface area contributed by atoms with Crippen molar-refractivity contribution in [2.75, 3.05) is 26.9 Å². The number of primary amides is 1. The van der Waals surface area contributed by atoms with Crippen LogP contribution in [0.4, 0.5) is 0 Å². The van der Waals surface area contributed by atoms with Gasteiger partial charge in [-0.1, -0.05) is 17.7 Å². The van der Waals surface area contributed by atoms with E-state index in [0.29, 0.717) is 5.56 Å². The van der Waals surface area contributed by atoms with Crippen LogP contribution in [-0.2, 0) is 19.1 Å². The predicted molar refractivity (Wildman–Crippen MR) is 82.6 cm³/mol. The van der Waals surface area contributed by atoms with Crippen LogP contribution in [0.3, 0.4) is 0 Å². The Balaban J connectivity index is 2.84. The lowest BCUT2D eigenvalue weighted by atomic mass is 10.1. The molecule has 0 aliphatic heterocycles. The average molecular weight is 339 g/mol. The number of rotatable bonds is 8. The van der Waals surface area contributed by atoms with Crippen molar-refractivity contribution in [2.45, 2.75) is 0 Å². The van der Waals surface area contributed by atoms with Crippen LogP contribution < -0.4 is 10.5 Å². The summed E-state index contributed by atoms with van der Waals surface area (Å²) in [5.74, 6) is -1.12. The molecule has 0 radical (unpaired) electrons. The molecule has 0 aliphatic rings. The molecule has 1 aromatic rings. The summed E-state index contributed by atoms with van der Waals surface area (Å²) in [7, 11) is 1.47. The first-order valence-electron chi connectivity index (χ1n) is 6.46. The van der Waals surface area contributed by atoms with Crippen LogP contribution in [0.25, 0.3) is 6.08 Å². The van der Waals surface area contributed by atoms with Gasteiger partial charge in [0, 0.05) is 7.11 Å². The minimum atomic E-state index is -0.755. The smallest absolute Gasteiger partial charge is 0.348 e. The van der Waals surface area contributed by atoms with Crippen LogP contribution in [0.2, 0.25) is 5.02 Å². The molecule has 0 aliphatic carbocycles. The van der Waals surface area contributed by atoms with Crippen molar-refractivity contribution in [1.82, 2.24) is 0 Å². The zero-order valence-electron chi connectivity index (χ0n) is 12.4. The molecule has 122 valence electrons. The van der Waals surface area contributed by atoms with Crippen molar-refractivity contribution < 1.29 is 23.8 Å². The highest BCUT2D eigenvalue weighted by Gasteiger charge is 2.11. The summed E-state index contributed by atoms with van der Waals surface area (Å²) < 4.78 is 14.7. The van der Waals surface area contributed by atoms with Crippen LogP contribution in [-0.4, -0.2) is 38.8 Å². The van der Waals surface area contributed by atoms with E-state index in [1.54, 1.807) is 12.1 Å². The molecule has 7 nitrogen and oxygen atoms in total. The number of nitrogens with zero attached hydrogens (tertiary/aromatic N) is 1. The molecule has 0 fully saturated rings. The molecule has 1 aromatic carbocycles. The largest absolute Gasteiger partial charge is 0.482 e. The van der Waals surface area contributed by atoms with E-state index in [4.69, 9.17) is 36.8 Å². The van der Waals surface area contributed by atoms with E-state index in [9.17, 15) is 9.59 Å². The van der Waals surface area contributed by atoms with Gasteiger partial charge in [0.2, 0.25) is 0 Å². The number of esters is 1. The lowest BCUT2D eigenvalue weighted by Crippen LogP contribution is -2.20. The molecule has 8 heteroatoms. The Bertz CT molecular complexity index is 652. The minimum Gasteiger partial charge on any atom is -0.482 e. The second-order valence-corrected chi connectivity index (χ2v) is 4.65. The number of hydrogen-bond donors (Lipinski definition) is 1. The van der Waals surface area contributed by atoms with Crippen molar-refractivity contribution in [3.8, 4) is 11.8 Å². The molecule has 1 amide bonds. The lowest BCUT2D eigenvalue weighted by Gasteiger charge is -2.07. The Kier molecular flexibility index (Phi) is 7.60. The molecule has 0 atom stereocenters. The first kappa shape index (κ1) is 18.5. The SMILES string of the molecule is COCCOC(=O)C(C#N)=Cc1ccc(OCC(N)=O)c(Cl)c1. The second-order valence-electron chi connectivity index (χ2n) is 4.24. The van der Waals surface area contributed by atoms with Crippen molar-refractivity contribution >= 4 is 29.6 Å². The standard InChI is InChI=1S/C15H15ClN2O5/c1-21-4-5-22-15(20)11(8-17)6-10-2-3-13(12(16)7-10)23-9-14(18)19/h2-3,6-7H,4-5,9H2,1H3,(H2,18,19). The number of methoxy groups -OCH3 is 1. The zero-order chi connectivity index (χ0) is 17.2. The molecule has 2 N–H and O–H groups in total. The quantitative estimate of drug-likeness (QED) is 0.331. The number of amides is 1. The molecule has 0 aromatic heterocycles. The normalized spacial score (nSPS) is 10.7. The first-order chi connectivity index (χ1) is 11.0. The van der Waals surface area contributed by atoms with Crippen molar-refractivity contribution in [3.05, 3.63) is 34.4 Å². The van der Waals surface area contributed by atoms with Gasteiger partial charge in [-0.15, -0.1) is 0 Å². The Morgan fingerprint density at radius 3 is 2.70 bits per heavy atom. The maximum Gasteiger partial charge on any atom is 0.348 e. The van der Waals surface area contributed by atoms with E-state index in [2.05, 4.69) is 0 Å². The summed E-state index contributed by atoms with van der Waals surface area (Å²) in [4.78, 5) is 22.4. The first-order valence-corrected chi connectivity index (χ1v) is 6.84. The number of hydrogen-bond acceptors (Lipinski definition) is 6. The number of carbonyl (C=O) groups excluding carboxylic acids is 2. The van der Waals surface area contributed by atoms with Gasteiger partial charge in [-0.2, -0.15) is 5.26 Å². The van der Waals surface area contributed by atoms with E-state index in [1.807, 2.05) is 0 Å². The highest BCUT2D eigenvalue weighted by Crippen LogP contribution is 2.26. The number of carbonyl (C=O) groups is 2. The van der Waals surface area contributed by atoms with E-state index < -0.39 is 11.9 Å². The topological polar surface area (TPSA) is 112 Å². The van der Waals surface area contributed by atoms with Crippen LogP contribution in [0.1, 0.15) is 5.56 Å². The maximum atomic E-state index is 11.7. The molecule has 23 heavy (non-hydrogen) atoms. The molecule has 0 saturated carbocycles. The van der Waals surface area contributed by atoms with Crippen molar-refractivity contribution in [2.24, 2.45) is 5.73 Å². The van der Waals surface area contributed by atoms with Gasteiger partial charge in [-0.05, 0) is 23.8 Å². The third-order valence-corrected chi connectivity index (χ3v) is 2.79. The Morgan fingerprint density at radius 2 is 2.13 bits per heavy atom. The van der Waals surface area contributed by atoms with E-state index in [0.717, 1.165) is 0 Å². The van der Waals surface area contributed by atoms with Gasteiger partial charge >= 0.3 is 5.97 Å². The molecule has 0 spiro atoms. The molecular weight excluding hydrogens is 324 g/mol. The zero-order valence-corrected chi connectivity index (χ0v) is 13.1. The van der Waals surface area contributed by atoms with Crippen LogP contribution in [0.5, 0.6) is 5.75 Å². The van der Waals surface area contributed by atoms with Gasteiger partial charge in [0.05, 0.1) is 11.6 Å². The van der Waals surface area contributed by atoms with E-state index >= 15 is 0 Å².